The van der Waals surface area contributed by atoms with Crippen molar-refractivity contribution in [2.24, 2.45) is 11.8 Å². The summed E-state index contributed by atoms with van der Waals surface area (Å²) in [7, 11) is 1.58. The van der Waals surface area contributed by atoms with Crippen LogP contribution < -0.4 is 10.1 Å². The van der Waals surface area contributed by atoms with E-state index in [4.69, 9.17) is 4.74 Å². The average Bonchev–Trinajstić information content (AvgIpc) is 2.69. The Morgan fingerprint density at radius 1 is 1.14 bits per heavy atom. The number of nitrogens with one attached hydrogen (secondary N) is 1. The molecule has 1 unspecified atom stereocenters. The van der Waals surface area contributed by atoms with Crippen LogP contribution in [0.2, 0.25) is 0 Å². The highest BCUT2D eigenvalue weighted by molar-refractivity contribution is 5.94. The van der Waals surface area contributed by atoms with E-state index in [-0.39, 0.29) is 30.8 Å². The molecule has 0 spiro atoms. The maximum absolute atomic E-state index is 13.1. The molecule has 2 aliphatic rings. The number of hydrogen-bond acceptors (Lipinski definition) is 3. The number of carbonyl (C=O) groups excluding carboxylic acids is 1. The van der Waals surface area contributed by atoms with Gasteiger partial charge in [-0.2, -0.15) is 13.2 Å². The third-order valence-corrected chi connectivity index (χ3v) is 6.04. The molecule has 0 aromatic heterocycles. The van der Waals surface area contributed by atoms with Gasteiger partial charge < -0.3 is 15.0 Å². The van der Waals surface area contributed by atoms with Crippen molar-refractivity contribution in [3.8, 4) is 5.75 Å². The van der Waals surface area contributed by atoms with Crippen LogP contribution in [0.3, 0.4) is 0 Å². The second kappa shape index (κ2) is 9.16. The Labute approximate surface area is 164 Å². The van der Waals surface area contributed by atoms with Gasteiger partial charge in [0, 0.05) is 24.7 Å². The average molecular weight is 398 g/mol. The number of piperidine rings is 1. The summed E-state index contributed by atoms with van der Waals surface area (Å²) in [5.74, 6) is -0.470. The Balaban J connectivity index is 1.59. The SMILES string of the molecule is COc1ccc(C(=O)N[C@@H]2CCCC[C@H]2CN2CCCC(C(F)(F)F)C2)cc1. The number of hydrogen-bond donors (Lipinski definition) is 1. The number of rotatable bonds is 5. The summed E-state index contributed by atoms with van der Waals surface area (Å²) in [5.41, 5.74) is 0.570. The zero-order valence-electron chi connectivity index (χ0n) is 16.3. The molecule has 1 aliphatic carbocycles. The van der Waals surface area contributed by atoms with Crippen molar-refractivity contribution in [3.05, 3.63) is 29.8 Å². The molecule has 1 amide bonds. The minimum absolute atomic E-state index is 0.00890. The van der Waals surface area contributed by atoms with Gasteiger partial charge in [0.1, 0.15) is 5.75 Å². The van der Waals surface area contributed by atoms with Crippen LogP contribution in [-0.2, 0) is 0 Å². The van der Waals surface area contributed by atoms with Gasteiger partial charge >= 0.3 is 6.18 Å². The van der Waals surface area contributed by atoms with E-state index in [1.54, 1.807) is 31.4 Å². The van der Waals surface area contributed by atoms with Gasteiger partial charge in [-0.25, -0.2) is 0 Å². The highest BCUT2D eigenvalue weighted by atomic mass is 19.4. The minimum atomic E-state index is -4.12. The summed E-state index contributed by atoms with van der Waals surface area (Å²) in [5, 5.41) is 3.13. The minimum Gasteiger partial charge on any atom is -0.497 e. The first kappa shape index (κ1) is 21.0. The lowest BCUT2D eigenvalue weighted by Gasteiger charge is -2.39. The van der Waals surface area contributed by atoms with Gasteiger partial charge in [0.25, 0.3) is 5.91 Å². The summed E-state index contributed by atoms with van der Waals surface area (Å²) >= 11 is 0. The molecule has 156 valence electrons. The van der Waals surface area contributed by atoms with Gasteiger partial charge in [0.15, 0.2) is 0 Å². The molecule has 0 radical (unpaired) electrons. The van der Waals surface area contributed by atoms with E-state index in [2.05, 4.69) is 5.32 Å². The topological polar surface area (TPSA) is 41.6 Å². The molecule has 28 heavy (non-hydrogen) atoms. The zero-order chi connectivity index (χ0) is 20.1. The fraction of sp³-hybridized carbons (Fsp3) is 0.667. The number of carbonyl (C=O) groups is 1. The lowest BCUT2D eigenvalue weighted by molar-refractivity contribution is -0.187. The molecule has 1 saturated carbocycles. The van der Waals surface area contributed by atoms with Crippen molar-refractivity contribution in [1.29, 1.82) is 0 Å². The molecule has 3 rings (SSSR count). The standard InChI is InChI=1S/C21H29F3N2O2/c1-28-18-10-8-15(9-11-18)20(27)25-19-7-3-2-5-16(19)13-26-12-4-6-17(14-26)21(22,23)24/h8-11,16-17,19H,2-7,12-14H2,1H3,(H,25,27)/t16-,17?,19+/m0/s1. The van der Waals surface area contributed by atoms with E-state index in [1.165, 1.54) is 0 Å². The van der Waals surface area contributed by atoms with Gasteiger partial charge in [-0.15, -0.1) is 0 Å². The first-order valence-corrected chi connectivity index (χ1v) is 10.1. The summed E-state index contributed by atoms with van der Waals surface area (Å²) in [6, 6.07) is 6.96. The molecular weight excluding hydrogens is 369 g/mol. The molecular formula is C21H29F3N2O2. The Morgan fingerprint density at radius 2 is 1.86 bits per heavy atom. The fourth-order valence-corrected chi connectivity index (χ4v) is 4.43. The number of amides is 1. The maximum atomic E-state index is 13.1. The molecule has 1 heterocycles. The number of benzene rings is 1. The predicted octanol–water partition coefficient (Wildman–Crippen LogP) is 4.26. The lowest BCUT2D eigenvalue weighted by Crippen LogP contribution is -2.49. The monoisotopic (exact) mass is 398 g/mol. The van der Waals surface area contributed by atoms with Crippen LogP contribution in [0.15, 0.2) is 24.3 Å². The van der Waals surface area contributed by atoms with Crippen LogP contribution in [-0.4, -0.2) is 49.8 Å². The van der Waals surface area contributed by atoms with Crippen LogP contribution in [0.4, 0.5) is 13.2 Å². The number of nitrogens with zero attached hydrogens (tertiary/aromatic N) is 1. The molecule has 1 aliphatic heterocycles. The normalized spacial score (nSPS) is 26.6. The number of ether oxygens (including phenoxy) is 1. The molecule has 1 aromatic rings. The predicted molar refractivity (Wildman–Crippen MR) is 101 cm³/mol. The fourth-order valence-electron chi connectivity index (χ4n) is 4.43. The van der Waals surface area contributed by atoms with Gasteiger partial charge in [0.2, 0.25) is 0 Å². The molecule has 3 atom stereocenters. The number of methoxy groups -OCH3 is 1. The molecule has 1 aromatic carbocycles. The zero-order valence-corrected chi connectivity index (χ0v) is 16.3. The van der Waals surface area contributed by atoms with E-state index >= 15 is 0 Å². The van der Waals surface area contributed by atoms with Gasteiger partial charge in [-0.3, -0.25) is 4.79 Å². The second-order valence-corrected chi connectivity index (χ2v) is 7.99. The molecule has 1 N–H and O–H groups in total. The molecule has 4 nitrogen and oxygen atoms in total. The summed E-state index contributed by atoms with van der Waals surface area (Å²) in [6.45, 7) is 1.42. The van der Waals surface area contributed by atoms with E-state index in [9.17, 15) is 18.0 Å². The number of alkyl halides is 3. The van der Waals surface area contributed by atoms with Crippen molar-refractivity contribution < 1.29 is 22.7 Å². The first-order valence-electron chi connectivity index (χ1n) is 10.1. The Bertz CT molecular complexity index is 648. The van der Waals surface area contributed by atoms with Crippen molar-refractivity contribution in [2.75, 3.05) is 26.7 Å². The maximum Gasteiger partial charge on any atom is 0.393 e. The van der Waals surface area contributed by atoms with Crippen LogP contribution in [0.1, 0.15) is 48.9 Å². The van der Waals surface area contributed by atoms with Crippen LogP contribution in [0.25, 0.3) is 0 Å². The van der Waals surface area contributed by atoms with Gasteiger partial charge in [0.05, 0.1) is 13.0 Å². The Hall–Kier alpha value is -1.76. The van der Waals surface area contributed by atoms with Crippen molar-refractivity contribution in [1.82, 2.24) is 10.2 Å². The van der Waals surface area contributed by atoms with Crippen molar-refractivity contribution in [3.63, 3.8) is 0 Å². The third-order valence-electron chi connectivity index (χ3n) is 6.04. The quantitative estimate of drug-likeness (QED) is 0.806. The largest absolute Gasteiger partial charge is 0.497 e. The third kappa shape index (κ3) is 5.40. The van der Waals surface area contributed by atoms with Gasteiger partial charge in [-0.05, 0) is 62.4 Å². The summed E-state index contributed by atoms with van der Waals surface area (Å²) < 4.78 is 44.4. The molecule has 2 fully saturated rings. The Kier molecular flexibility index (Phi) is 6.86. The van der Waals surface area contributed by atoms with Crippen LogP contribution in [0, 0.1) is 11.8 Å². The van der Waals surface area contributed by atoms with E-state index in [0.29, 0.717) is 30.8 Å². The molecule has 0 bridgehead atoms. The van der Waals surface area contributed by atoms with E-state index in [1.807, 2.05) is 4.90 Å². The van der Waals surface area contributed by atoms with Crippen molar-refractivity contribution in [2.45, 2.75) is 50.7 Å². The number of likely N-dealkylation sites (tertiary alicyclic amines) is 1. The smallest absolute Gasteiger partial charge is 0.393 e. The van der Waals surface area contributed by atoms with Crippen molar-refractivity contribution >= 4 is 5.91 Å². The van der Waals surface area contributed by atoms with Crippen LogP contribution >= 0.6 is 0 Å². The number of halogens is 3. The lowest BCUT2D eigenvalue weighted by atomic mass is 9.83. The summed E-state index contributed by atoms with van der Waals surface area (Å²) in [6.07, 6.45) is 0.616. The highest BCUT2D eigenvalue weighted by Crippen LogP contribution is 2.34. The second-order valence-electron chi connectivity index (χ2n) is 7.99. The Morgan fingerprint density at radius 3 is 2.54 bits per heavy atom. The van der Waals surface area contributed by atoms with Crippen LogP contribution in [0.5, 0.6) is 5.75 Å². The first-order chi connectivity index (χ1) is 13.4. The highest BCUT2D eigenvalue weighted by Gasteiger charge is 2.42. The summed E-state index contributed by atoms with van der Waals surface area (Å²) in [4.78, 5) is 14.6. The molecule has 1 saturated heterocycles. The van der Waals surface area contributed by atoms with E-state index in [0.717, 1.165) is 25.7 Å². The van der Waals surface area contributed by atoms with Gasteiger partial charge in [-0.1, -0.05) is 12.8 Å². The molecule has 7 heteroatoms. The van der Waals surface area contributed by atoms with E-state index < -0.39 is 12.1 Å².